The van der Waals surface area contributed by atoms with E-state index < -0.39 is 0 Å². The van der Waals surface area contributed by atoms with Crippen LogP contribution in [-0.4, -0.2) is 0 Å². The summed E-state index contributed by atoms with van der Waals surface area (Å²) in [4.78, 5) is 0. The molecule has 0 atom stereocenters. The first-order valence-corrected chi connectivity index (χ1v) is 6.71. The van der Waals surface area contributed by atoms with E-state index in [1.165, 1.54) is 11.1 Å². The lowest BCUT2D eigenvalue weighted by molar-refractivity contribution is 1.04. The van der Waals surface area contributed by atoms with Crippen molar-refractivity contribution in [3.05, 3.63) is 63.5 Å². The highest BCUT2D eigenvalue weighted by Crippen LogP contribution is 2.14. The minimum atomic E-state index is 1.12. The molecule has 90 valence electrons. The van der Waals surface area contributed by atoms with Crippen molar-refractivity contribution in [1.82, 2.24) is 5.32 Å². The number of nitrogens with one attached hydrogen (secondary N) is 1. The molecule has 1 aromatic carbocycles. The molecule has 0 saturated heterocycles. The molecule has 0 bridgehead atoms. The van der Waals surface area contributed by atoms with Crippen LogP contribution in [0.15, 0.2) is 58.0 Å². The Morgan fingerprint density at radius 2 is 1.76 bits per heavy atom. The highest BCUT2D eigenvalue weighted by atomic mass is 127. The Balaban J connectivity index is 2.73. The van der Waals surface area contributed by atoms with E-state index in [1.807, 2.05) is 13.0 Å². The molecule has 0 saturated carbocycles. The average molecular weight is 339 g/mol. The molecular weight excluding hydrogens is 321 g/mol. The Bertz CT molecular complexity index is 441. The van der Waals surface area contributed by atoms with Gasteiger partial charge in [-0.15, -0.1) is 0 Å². The molecule has 1 N–H and O–H groups in total. The van der Waals surface area contributed by atoms with Gasteiger partial charge in [0.25, 0.3) is 0 Å². The van der Waals surface area contributed by atoms with Crippen LogP contribution < -0.4 is 5.32 Å². The predicted molar refractivity (Wildman–Crippen MR) is 84.8 cm³/mol. The lowest BCUT2D eigenvalue weighted by Gasteiger charge is -2.04. The quantitative estimate of drug-likeness (QED) is 0.468. The van der Waals surface area contributed by atoms with Crippen LogP contribution in [0.5, 0.6) is 0 Å². The van der Waals surface area contributed by atoms with E-state index in [-0.39, 0.29) is 0 Å². The molecule has 0 fully saturated rings. The van der Waals surface area contributed by atoms with Gasteiger partial charge in [-0.05, 0) is 60.6 Å². The third-order valence-corrected chi connectivity index (χ3v) is 3.09. The zero-order valence-corrected chi connectivity index (χ0v) is 12.7. The lowest BCUT2D eigenvalue weighted by Crippen LogP contribution is -2.04. The van der Waals surface area contributed by atoms with Crippen LogP contribution in [0.3, 0.4) is 0 Å². The second kappa shape index (κ2) is 7.33. The van der Waals surface area contributed by atoms with Crippen molar-refractivity contribution in [3.63, 3.8) is 0 Å². The zero-order valence-electron chi connectivity index (χ0n) is 10.5. The highest BCUT2D eigenvalue weighted by Gasteiger charge is 1.93. The maximum atomic E-state index is 3.30. The molecule has 0 spiro atoms. The Morgan fingerprint density at radius 3 is 2.35 bits per heavy atom. The van der Waals surface area contributed by atoms with Crippen LogP contribution in [0.1, 0.15) is 26.3 Å². The van der Waals surface area contributed by atoms with Gasteiger partial charge in [0.15, 0.2) is 0 Å². The van der Waals surface area contributed by atoms with Crippen LogP contribution in [0.25, 0.3) is 5.57 Å². The van der Waals surface area contributed by atoms with Gasteiger partial charge in [0.05, 0.1) is 3.70 Å². The van der Waals surface area contributed by atoms with E-state index in [1.54, 1.807) is 0 Å². The molecule has 0 aliphatic rings. The Hall–Kier alpha value is -1.03. The SMILES string of the molecule is C/C=C(/C)N/C(I)=C\C=C(/C)c1ccccc1. The van der Waals surface area contributed by atoms with Crippen molar-refractivity contribution < 1.29 is 0 Å². The number of hydrogen-bond acceptors (Lipinski definition) is 1. The molecule has 1 rings (SSSR count). The first-order valence-electron chi connectivity index (χ1n) is 5.63. The Labute approximate surface area is 117 Å². The number of benzene rings is 1. The maximum absolute atomic E-state index is 3.30. The molecule has 0 aliphatic heterocycles. The summed E-state index contributed by atoms with van der Waals surface area (Å²) in [5, 5.41) is 3.30. The van der Waals surface area contributed by atoms with Crippen molar-refractivity contribution >= 4 is 28.2 Å². The van der Waals surface area contributed by atoms with Crippen molar-refractivity contribution in [3.8, 4) is 0 Å². The minimum Gasteiger partial charge on any atom is -0.355 e. The van der Waals surface area contributed by atoms with Gasteiger partial charge >= 0.3 is 0 Å². The van der Waals surface area contributed by atoms with E-state index in [0.29, 0.717) is 0 Å². The third-order valence-electron chi connectivity index (χ3n) is 2.46. The van der Waals surface area contributed by atoms with Crippen LogP contribution in [0, 0.1) is 0 Å². The standard InChI is InChI=1S/C15H18IN/c1-4-13(3)17-15(16)11-10-12(2)14-8-6-5-7-9-14/h4-11,17H,1-3H3/b12-10+,13-4-,15-11-. The summed E-state index contributed by atoms with van der Waals surface area (Å²) in [5.41, 5.74) is 3.69. The molecule has 0 aromatic heterocycles. The van der Waals surface area contributed by atoms with Gasteiger partial charge in [-0.2, -0.15) is 0 Å². The van der Waals surface area contributed by atoms with E-state index in [2.05, 4.69) is 84.2 Å². The minimum absolute atomic E-state index is 1.12. The fourth-order valence-corrected chi connectivity index (χ4v) is 1.90. The van der Waals surface area contributed by atoms with Gasteiger partial charge in [-0.1, -0.05) is 42.5 Å². The monoisotopic (exact) mass is 339 g/mol. The molecular formula is C15H18IN. The van der Waals surface area contributed by atoms with Crippen molar-refractivity contribution in [2.45, 2.75) is 20.8 Å². The van der Waals surface area contributed by atoms with Gasteiger partial charge < -0.3 is 5.32 Å². The van der Waals surface area contributed by atoms with Gasteiger partial charge in [-0.3, -0.25) is 0 Å². The van der Waals surface area contributed by atoms with Gasteiger partial charge in [-0.25, -0.2) is 0 Å². The molecule has 0 heterocycles. The summed E-state index contributed by atoms with van der Waals surface area (Å²) in [6.07, 6.45) is 6.28. The van der Waals surface area contributed by atoms with Crippen molar-refractivity contribution in [2.24, 2.45) is 0 Å². The molecule has 0 radical (unpaired) electrons. The van der Waals surface area contributed by atoms with Crippen LogP contribution in [-0.2, 0) is 0 Å². The molecule has 2 heteroatoms. The molecule has 0 unspecified atom stereocenters. The van der Waals surface area contributed by atoms with E-state index in [9.17, 15) is 0 Å². The summed E-state index contributed by atoms with van der Waals surface area (Å²) < 4.78 is 1.12. The van der Waals surface area contributed by atoms with Gasteiger partial charge in [0.2, 0.25) is 0 Å². The van der Waals surface area contributed by atoms with E-state index in [0.717, 1.165) is 9.40 Å². The second-order valence-corrected chi connectivity index (χ2v) is 4.99. The van der Waals surface area contributed by atoms with Crippen molar-refractivity contribution in [1.29, 1.82) is 0 Å². The zero-order chi connectivity index (χ0) is 12.7. The fourth-order valence-electron chi connectivity index (χ4n) is 1.30. The summed E-state index contributed by atoms with van der Waals surface area (Å²) in [7, 11) is 0. The van der Waals surface area contributed by atoms with Crippen LogP contribution in [0.2, 0.25) is 0 Å². The van der Waals surface area contributed by atoms with Crippen LogP contribution in [0.4, 0.5) is 0 Å². The number of hydrogen-bond donors (Lipinski definition) is 1. The van der Waals surface area contributed by atoms with Gasteiger partial charge in [0.1, 0.15) is 0 Å². The Kier molecular flexibility index (Phi) is 6.05. The average Bonchev–Trinajstić information content (AvgIpc) is 2.36. The molecule has 0 amide bonds. The smallest absolute Gasteiger partial charge is 0.0773 e. The molecule has 1 nitrogen and oxygen atoms in total. The first kappa shape index (κ1) is 14.0. The molecule has 17 heavy (non-hydrogen) atoms. The van der Waals surface area contributed by atoms with Crippen molar-refractivity contribution in [2.75, 3.05) is 0 Å². The molecule has 1 aromatic rings. The number of halogens is 1. The summed E-state index contributed by atoms with van der Waals surface area (Å²) in [6.45, 7) is 6.20. The third kappa shape index (κ3) is 5.22. The normalized spacial score (nSPS) is 13.8. The molecule has 0 aliphatic carbocycles. The second-order valence-electron chi connectivity index (χ2n) is 3.83. The van der Waals surface area contributed by atoms with E-state index >= 15 is 0 Å². The van der Waals surface area contributed by atoms with Gasteiger partial charge in [0, 0.05) is 5.70 Å². The van der Waals surface area contributed by atoms with Crippen LogP contribution >= 0.6 is 22.6 Å². The first-order chi connectivity index (χ1) is 8.13. The Morgan fingerprint density at radius 1 is 1.12 bits per heavy atom. The topological polar surface area (TPSA) is 12.0 Å². The number of rotatable bonds is 4. The largest absolute Gasteiger partial charge is 0.355 e. The maximum Gasteiger partial charge on any atom is 0.0773 e. The summed E-state index contributed by atoms with van der Waals surface area (Å²) >= 11 is 2.30. The fraction of sp³-hybridized carbons (Fsp3) is 0.200. The predicted octanol–water partition coefficient (Wildman–Crippen LogP) is 4.88. The number of allylic oxidation sites excluding steroid dienone is 5. The summed E-state index contributed by atoms with van der Waals surface area (Å²) in [5.74, 6) is 0. The lowest BCUT2D eigenvalue weighted by atomic mass is 10.1. The van der Waals surface area contributed by atoms with E-state index in [4.69, 9.17) is 0 Å². The summed E-state index contributed by atoms with van der Waals surface area (Å²) in [6, 6.07) is 10.4. The highest BCUT2D eigenvalue weighted by molar-refractivity contribution is 14.1.